The Bertz CT molecular complexity index is 512. The quantitative estimate of drug-likeness (QED) is 0.491. The molecule has 2 rings (SSSR count). The molecule has 1 saturated heterocycles. The molecule has 7 heteroatoms. The van der Waals surface area contributed by atoms with Crippen molar-refractivity contribution in [2.75, 3.05) is 25.5 Å². The summed E-state index contributed by atoms with van der Waals surface area (Å²) >= 11 is 0. The summed E-state index contributed by atoms with van der Waals surface area (Å²) in [5.74, 6) is -0.220. The number of rotatable bonds is 4. The second-order valence-electron chi connectivity index (χ2n) is 4.83. The summed E-state index contributed by atoms with van der Waals surface area (Å²) in [6.45, 7) is 1.81. The van der Waals surface area contributed by atoms with Crippen LogP contribution in [0.1, 0.15) is 23.2 Å². The van der Waals surface area contributed by atoms with Crippen LogP contribution in [0.15, 0.2) is 18.2 Å². The van der Waals surface area contributed by atoms with Crippen molar-refractivity contribution in [3.63, 3.8) is 0 Å². The molecule has 3 N–H and O–H groups in total. The van der Waals surface area contributed by atoms with Crippen LogP contribution in [-0.2, 0) is 4.74 Å². The first kappa shape index (κ1) is 14.3. The molecule has 1 amide bonds. The molecule has 1 heterocycles. The highest BCUT2D eigenvalue weighted by molar-refractivity contribution is 5.99. The van der Waals surface area contributed by atoms with E-state index in [0.29, 0.717) is 18.8 Å². The van der Waals surface area contributed by atoms with Crippen molar-refractivity contribution in [3.8, 4) is 0 Å². The van der Waals surface area contributed by atoms with Gasteiger partial charge in [-0.15, -0.1) is 0 Å². The Balaban J connectivity index is 2.04. The van der Waals surface area contributed by atoms with Gasteiger partial charge in [-0.2, -0.15) is 0 Å². The third kappa shape index (κ3) is 3.45. The third-order valence-electron chi connectivity index (χ3n) is 3.27. The summed E-state index contributed by atoms with van der Waals surface area (Å²) < 4.78 is 5.32. The Hall–Kier alpha value is -2.15. The number of nitrogen functional groups attached to an aromatic ring is 1. The highest BCUT2D eigenvalue weighted by Crippen LogP contribution is 2.21. The van der Waals surface area contributed by atoms with Gasteiger partial charge in [-0.25, -0.2) is 0 Å². The fraction of sp³-hybridized carbons (Fsp3) is 0.462. The SMILES string of the molecule is Nc1ccc([N+](=O)[O-])c(C(=O)NCC2CCCOC2)c1. The fourth-order valence-corrected chi connectivity index (χ4v) is 2.20. The Morgan fingerprint density at radius 3 is 3.00 bits per heavy atom. The maximum Gasteiger partial charge on any atom is 0.282 e. The van der Waals surface area contributed by atoms with Crippen LogP contribution >= 0.6 is 0 Å². The van der Waals surface area contributed by atoms with E-state index in [0.717, 1.165) is 19.4 Å². The van der Waals surface area contributed by atoms with Crippen molar-refractivity contribution >= 4 is 17.3 Å². The van der Waals surface area contributed by atoms with Crippen LogP contribution in [0.4, 0.5) is 11.4 Å². The highest BCUT2D eigenvalue weighted by Gasteiger charge is 2.21. The minimum Gasteiger partial charge on any atom is -0.399 e. The van der Waals surface area contributed by atoms with E-state index in [1.807, 2.05) is 0 Å². The van der Waals surface area contributed by atoms with Crippen molar-refractivity contribution in [2.45, 2.75) is 12.8 Å². The number of benzene rings is 1. The van der Waals surface area contributed by atoms with E-state index in [-0.39, 0.29) is 17.2 Å². The molecule has 1 aromatic carbocycles. The highest BCUT2D eigenvalue weighted by atomic mass is 16.6. The van der Waals surface area contributed by atoms with Crippen LogP contribution in [0.2, 0.25) is 0 Å². The number of nitrogens with two attached hydrogens (primary N) is 1. The summed E-state index contributed by atoms with van der Waals surface area (Å²) in [7, 11) is 0. The van der Waals surface area contributed by atoms with Crippen LogP contribution in [0.3, 0.4) is 0 Å². The average Bonchev–Trinajstić information content (AvgIpc) is 2.45. The molecular weight excluding hydrogens is 262 g/mol. The lowest BCUT2D eigenvalue weighted by Crippen LogP contribution is -2.33. The summed E-state index contributed by atoms with van der Waals surface area (Å²) in [5.41, 5.74) is 5.66. The van der Waals surface area contributed by atoms with Crippen molar-refractivity contribution in [1.82, 2.24) is 5.32 Å². The van der Waals surface area contributed by atoms with Gasteiger partial charge in [0.2, 0.25) is 0 Å². The van der Waals surface area contributed by atoms with Crippen molar-refractivity contribution in [3.05, 3.63) is 33.9 Å². The number of nitrogens with zero attached hydrogens (tertiary/aromatic N) is 1. The molecule has 20 heavy (non-hydrogen) atoms. The van der Waals surface area contributed by atoms with Crippen molar-refractivity contribution in [1.29, 1.82) is 0 Å². The first-order valence-corrected chi connectivity index (χ1v) is 6.48. The number of nitro benzene ring substituents is 1. The zero-order chi connectivity index (χ0) is 14.5. The maximum absolute atomic E-state index is 12.1. The van der Waals surface area contributed by atoms with E-state index < -0.39 is 10.8 Å². The molecular formula is C13H17N3O4. The lowest BCUT2D eigenvalue weighted by Gasteiger charge is -2.22. The normalized spacial score (nSPS) is 18.5. The van der Waals surface area contributed by atoms with Gasteiger partial charge in [0.05, 0.1) is 11.5 Å². The number of hydrogen-bond donors (Lipinski definition) is 2. The number of carbonyl (C=O) groups excluding carboxylic acids is 1. The van der Waals surface area contributed by atoms with E-state index in [9.17, 15) is 14.9 Å². The molecule has 1 aliphatic heterocycles. The summed E-state index contributed by atoms with van der Waals surface area (Å²) in [6, 6.07) is 3.97. The second-order valence-corrected chi connectivity index (χ2v) is 4.83. The third-order valence-corrected chi connectivity index (χ3v) is 3.27. The number of nitro groups is 1. The summed E-state index contributed by atoms with van der Waals surface area (Å²) in [4.78, 5) is 22.4. The molecule has 1 aromatic rings. The standard InChI is InChI=1S/C13H17N3O4/c14-10-3-4-12(16(18)19)11(6-10)13(17)15-7-9-2-1-5-20-8-9/h3-4,6,9H,1-2,5,7-8,14H2,(H,15,17). The number of amides is 1. The zero-order valence-electron chi connectivity index (χ0n) is 11.0. The summed E-state index contributed by atoms with van der Waals surface area (Å²) in [6.07, 6.45) is 1.96. The monoisotopic (exact) mass is 279 g/mol. The van der Waals surface area contributed by atoms with Gasteiger partial charge in [-0.1, -0.05) is 0 Å². The molecule has 108 valence electrons. The van der Waals surface area contributed by atoms with Crippen LogP contribution in [-0.4, -0.2) is 30.6 Å². The van der Waals surface area contributed by atoms with Gasteiger partial charge in [0, 0.05) is 24.9 Å². The average molecular weight is 279 g/mol. The smallest absolute Gasteiger partial charge is 0.282 e. The van der Waals surface area contributed by atoms with Gasteiger partial charge in [0.15, 0.2) is 0 Å². The van der Waals surface area contributed by atoms with Crippen LogP contribution in [0.5, 0.6) is 0 Å². The number of nitrogens with one attached hydrogen (secondary N) is 1. The number of carbonyl (C=O) groups is 1. The molecule has 0 aromatic heterocycles. The lowest BCUT2D eigenvalue weighted by molar-refractivity contribution is -0.385. The topological polar surface area (TPSA) is 107 Å². The molecule has 0 saturated carbocycles. The van der Waals surface area contributed by atoms with E-state index in [1.165, 1.54) is 18.2 Å². The number of hydrogen-bond acceptors (Lipinski definition) is 5. The predicted octanol–water partition coefficient (Wildman–Crippen LogP) is 1.33. The molecule has 7 nitrogen and oxygen atoms in total. The fourth-order valence-electron chi connectivity index (χ4n) is 2.20. The van der Waals surface area contributed by atoms with Gasteiger partial charge in [0.1, 0.15) is 5.56 Å². The first-order chi connectivity index (χ1) is 9.58. The Morgan fingerprint density at radius 1 is 1.55 bits per heavy atom. The molecule has 1 atom stereocenters. The van der Waals surface area contributed by atoms with Gasteiger partial charge in [-0.05, 0) is 30.9 Å². The van der Waals surface area contributed by atoms with Crippen LogP contribution in [0, 0.1) is 16.0 Å². The second kappa shape index (κ2) is 6.33. The Kier molecular flexibility index (Phi) is 4.52. The van der Waals surface area contributed by atoms with E-state index in [4.69, 9.17) is 10.5 Å². The molecule has 0 bridgehead atoms. The van der Waals surface area contributed by atoms with Gasteiger partial charge in [0.25, 0.3) is 11.6 Å². The Labute approximate surface area is 116 Å². The van der Waals surface area contributed by atoms with Gasteiger partial charge < -0.3 is 15.8 Å². The van der Waals surface area contributed by atoms with E-state index in [1.54, 1.807) is 0 Å². The van der Waals surface area contributed by atoms with Crippen molar-refractivity contribution < 1.29 is 14.5 Å². The Morgan fingerprint density at radius 2 is 2.35 bits per heavy atom. The van der Waals surface area contributed by atoms with Gasteiger partial charge >= 0.3 is 0 Å². The van der Waals surface area contributed by atoms with Crippen molar-refractivity contribution in [2.24, 2.45) is 5.92 Å². The molecule has 1 aliphatic rings. The minimum absolute atomic E-state index is 0.00766. The maximum atomic E-state index is 12.1. The van der Waals surface area contributed by atoms with E-state index >= 15 is 0 Å². The van der Waals surface area contributed by atoms with E-state index in [2.05, 4.69) is 5.32 Å². The largest absolute Gasteiger partial charge is 0.399 e. The predicted molar refractivity (Wildman–Crippen MR) is 73.4 cm³/mol. The zero-order valence-corrected chi connectivity index (χ0v) is 11.0. The molecule has 1 unspecified atom stereocenters. The first-order valence-electron chi connectivity index (χ1n) is 6.48. The molecule has 0 spiro atoms. The molecule has 0 radical (unpaired) electrons. The lowest BCUT2D eigenvalue weighted by atomic mass is 10.0. The van der Waals surface area contributed by atoms with Crippen LogP contribution in [0.25, 0.3) is 0 Å². The minimum atomic E-state index is -0.585. The number of ether oxygens (including phenoxy) is 1. The molecule has 1 fully saturated rings. The van der Waals surface area contributed by atoms with Crippen LogP contribution < -0.4 is 11.1 Å². The number of anilines is 1. The summed E-state index contributed by atoms with van der Waals surface area (Å²) in [5, 5.41) is 13.6. The molecule has 0 aliphatic carbocycles. The van der Waals surface area contributed by atoms with Gasteiger partial charge in [-0.3, -0.25) is 14.9 Å².